The molecule has 1 aliphatic rings. The number of carbonyl (C=O) groups excluding carboxylic acids is 1. The number of fused-ring (bicyclic) bond motifs is 2. The summed E-state index contributed by atoms with van der Waals surface area (Å²) in [5.74, 6) is 0.102. The van der Waals surface area contributed by atoms with E-state index in [1.54, 1.807) is 0 Å². The Bertz CT molecular complexity index is 1230. The maximum absolute atomic E-state index is 13.6. The second-order valence-electron chi connectivity index (χ2n) is 8.05. The van der Waals surface area contributed by atoms with Gasteiger partial charge in [0, 0.05) is 30.6 Å². The first kappa shape index (κ1) is 18.8. The van der Waals surface area contributed by atoms with E-state index in [-0.39, 0.29) is 5.91 Å². The highest BCUT2D eigenvalue weighted by molar-refractivity contribution is 6.08. The minimum atomic E-state index is 0.102. The molecule has 3 aromatic carbocycles. The molecule has 5 rings (SSSR count). The van der Waals surface area contributed by atoms with Crippen LogP contribution >= 0.6 is 0 Å². The van der Waals surface area contributed by atoms with Crippen LogP contribution in [0.15, 0.2) is 72.8 Å². The van der Waals surface area contributed by atoms with Crippen LogP contribution < -0.4 is 0 Å². The minimum Gasteiger partial charge on any atom is -0.337 e. The fraction of sp³-hybridized carbons (Fsp3) is 0.231. The molecule has 1 fully saturated rings. The predicted octanol–water partition coefficient (Wildman–Crippen LogP) is 4.83. The highest BCUT2D eigenvalue weighted by Gasteiger charge is 2.22. The number of para-hydroxylation sites is 1. The smallest absolute Gasteiger partial charge is 0.254 e. The van der Waals surface area contributed by atoms with Crippen molar-refractivity contribution in [2.45, 2.75) is 6.42 Å². The lowest BCUT2D eigenvalue weighted by atomic mass is 9.98. The zero-order valence-electron chi connectivity index (χ0n) is 17.2. The van der Waals surface area contributed by atoms with Crippen molar-refractivity contribution in [3.8, 4) is 11.3 Å². The van der Waals surface area contributed by atoms with Crippen LogP contribution in [0.4, 0.5) is 0 Å². The average molecular weight is 396 g/mol. The molecule has 4 aromatic rings. The highest BCUT2D eigenvalue weighted by Crippen LogP contribution is 2.31. The Hall–Kier alpha value is -3.24. The van der Waals surface area contributed by atoms with E-state index in [2.05, 4.69) is 42.3 Å². The molecule has 1 saturated heterocycles. The third-order valence-corrected chi connectivity index (χ3v) is 6.02. The van der Waals surface area contributed by atoms with Gasteiger partial charge in [0.05, 0.1) is 16.8 Å². The quantitative estimate of drug-likeness (QED) is 0.488. The molecule has 2 heterocycles. The Kier molecular flexibility index (Phi) is 4.93. The summed E-state index contributed by atoms with van der Waals surface area (Å²) in [6.07, 6.45) is 1.00. The number of likely N-dealkylation sites (N-methyl/N-ethyl adjacent to an activating group) is 1. The number of benzene rings is 3. The number of rotatable bonds is 2. The summed E-state index contributed by atoms with van der Waals surface area (Å²) < 4.78 is 0. The van der Waals surface area contributed by atoms with Gasteiger partial charge in [-0.2, -0.15) is 0 Å². The van der Waals surface area contributed by atoms with Gasteiger partial charge < -0.3 is 9.80 Å². The van der Waals surface area contributed by atoms with E-state index < -0.39 is 0 Å². The van der Waals surface area contributed by atoms with Crippen LogP contribution in [0.2, 0.25) is 0 Å². The van der Waals surface area contributed by atoms with Gasteiger partial charge in [0.15, 0.2) is 0 Å². The molecule has 150 valence electrons. The number of carbonyl (C=O) groups is 1. The van der Waals surface area contributed by atoms with E-state index in [4.69, 9.17) is 4.98 Å². The fourth-order valence-electron chi connectivity index (χ4n) is 4.36. The van der Waals surface area contributed by atoms with Crippen molar-refractivity contribution in [1.82, 2.24) is 14.8 Å². The summed E-state index contributed by atoms with van der Waals surface area (Å²) in [6.45, 7) is 3.49. The van der Waals surface area contributed by atoms with Crippen molar-refractivity contribution >= 4 is 27.6 Å². The van der Waals surface area contributed by atoms with E-state index in [1.807, 2.05) is 47.4 Å². The molecule has 1 amide bonds. The molecule has 0 radical (unpaired) electrons. The van der Waals surface area contributed by atoms with Gasteiger partial charge >= 0.3 is 0 Å². The monoisotopic (exact) mass is 395 g/mol. The first-order valence-electron chi connectivity index (χ1n) is 10.6. The van der Waals surface area contributed by atoms with Crippen molar-refractivity contribution in [2.24, 2.45) is 0 Å². The topological polar surface area (TPSA) is 36.4 Å². The summed E-state index contributed by atoms with van der Waals surface area (Å²) in [7, 11) is 2.12. The summed E-state index contributed by atoms with van der Waals surface area (Å²) in [5, 5.41) is 3.25. The second kappa shape index (κ2) is 7.88. The molecule has 30 heavy (non-hydrogen) atoms. The van der Waals surface area contributed by atoms with Crippen molar-refractivity contribution in [2.75, 3.05) is 33.2 Å². The van der Waals surface area contributed by atoms with Crippen LogP contribution in [-0.2, 0) is 0 Å². The van der Waals surface area contributed by atoms with Crippen molar-refractivity contribution in [1.29, 1.82) is 0 Å². The van der Waals surface area contributed by atoms with E-state index in [9.17, 15) is 4.79 Å². The van der Waals surface area contributed by atoms with Gasteiger partial charge in [0.1, 0.15) is 0 Å². The fourth-order valence-corrected chi connectivity index (χ4v) is 4.36. The minimum absolute atomic E-state index is 0.102. The second-order valence-corrected chi connectivity index (χ2v) is 8.05. The van der Waals surface area contributed by atoms with Crippen LogP contribution in [0, 0.1) is 0 Å². The lowest BCUT2D eigenvalue weighted by Crippen LogP contribution is -2.34. The number of amides is 1. The number of hydrogen-bond donors (Lipinski definition) is 0. The molecule has 0 saturated carbocycles. The zero-order chi connectivity index (χ0) is 20.5. The Morgan fingerprint density at radius 3 is 2.50 bits per heavy atom. The van der Waals surface area contributed by atoms with Crippen LogP contribution in [0.25, 0.3) is 32.9 Å². The Morgan fingerprint density at radius 1 is 0.833 bits per heavy atom. The van der Waals surface area contributed by atoms with Crippen molar-refractivity contribution in [3.63, 3.8) is 0 Å². The molecule has 0 unspecified atom stereocenters. The summed E-state index contributed by atoms with van der Waals surface area (Å²) >= 11 is 0. The summed E-state index contributed by atoms with van der Waals surface area (Å²) in [6, 6.07) is 24.5. The third kappa shape index (κ3) is 3.44. The highest BCUT2D eigenvalue weighted by atomic mass is 16.2. The van der Waals surface area contributed by atoms with Crippen LogP contribution in [0.3, 0.4) is 0 Å². The molecule has 0 atom stereocenters. The molecule has 4 heteroatoms. The van der Waals surface area contributed by atoms with Crippen LogP contribution in [0.5, 0.6) is 0 Å². The number of pyridine rings is 1. The van der Waals surface area contributed by atoms with Gasteiger partial charge in [-0.25, -0.2) is 4.98 Å². The molecular weight excluding hydrogens is 370 g/mol. The largest absolute Gasteiger partial charge is 0.337 e. The molecule has 0 spiro atoms. The normalized spacial score (nSPS) is 15.4. The van der Waals surface area contributed by atoms with E-state index >= 15 is 0 Å². The molecular formula is C26H25N3O. The molecule has 0 aliphatic carbocycles. The predicted molar refractivity (Wildman–Crippen MR) is 123 cm³/mol. The maximum Gasteiger partial charge on any atom is 0.254 e. The van der Waals surface area contributed by atoms with Gasteiger partial charge in [0.25, 0.3) is 5.91 Å². The van der Waals surface area contributed by atoms with Gasteiger partial charge in [0.2, 0.25) is 0 Å². The maximum atomic E-state index is 13.6. The van der Waals surface area contributed by atoms with E-state index in [1.165, 1.54) is 5.39 Å². The van der Waals surface area contributed by atoms with Crippen LogP contribution in [-0.4, -0.2) is 53.9 Å². The van der Waals surface area contributed by atoms with E-state index in [0.717, 1.165) is 65.7 Å². The third-order valence-electron chi connectivity index (χ3n) is 6.02. The molecule has 4 nitrogen and oxygen atoms in total. The Balaban J connectivity index is 1.66. The van der Waals surface area contributed by atoms with Crippen molar-refractivity contribution < 1.29 is 4.79 Å². The Morgan fingerprint density at radius 2 is 1.60 bits per heavy atom. The standard InChI is InChI=1S/C26H25N3O/c1-28-14-7-15-29(17-16-28)26(30)23-18-25(27-24-13-5-4-11-22(23)24)21-12-6-9-19-8-2-3-10-20(19)21/h2-6,8-13,18H,7,14-17H2,1H3. The van der Waals surface area contributed by atoms with Crippen molar-refractivity contribution in [3.05, 3.63) is 78.4 Å². The number of aromatic nitrogens is 1. The van der Waals surface area contributed by atoms with Gasteiger partial charge in [-0.15, -0.1) is 0 Å². The van der Waals surface area contributed by atoms with Crippen LogP contribution in [0.1, 0.15) is 16.8 Å². The Labute approximate surface area is 176 Å². The average Bonchev–Trinajstić information content (AvgIpc) is 3.02. The van der Waals surface area contributed by atoms with Gasteiger partial charge in [-0.05, 0) is 42.9 Å². The van der Waals surface area contributed by atoms with Gasteiger partial charge in [-0.3, -0.25) is 4.79 Å². The lowest BCUT2D eigenvalue weighted by molar-refractivity contribution is 0.0765. The molecule has 0 bridgehead atoms. The number of nitrogens with zero attached hydrogens (tertiary/aromatic N) is 3. The zero-order valence-corrected chi connectivity index (χ0v) is 17.2. The van der Waals surface area contributed by atoms with Gasteiger partial charge in [-0.1, -0.05) is 60.7 Å². The first-order chi connectivity index (χ1) is 14.7. The number of hydrogen-bond acceptors (Lipinski definition) is 3. The molecule has 0 N–H and O–H groups in total. The lowest BCUT2D eigenvalue weighted by Gasteiger charge is -2.22. The van der Waals surface area contributed by atoms with E-state index in [0.29, 0.717) is 0 Å². The summed E-state index contributed by atoms with van der Waals surface area (Å²) in [4.78, 5) is 22.8. The molecule has 1 aliphatic heterocycles. The summed E-state index contributed by atoms with van der Waals surface area (Å²) in [5.41, 5.74) is 3.51. The first-order valence-corrected chi connectivity index (χ1v) is 10.6. The molecule has 1 aromatic heterocycles. The SMILES string of the molecule is CN1CCCN(C(=O)c2cc(-c3cccc4ccccc34)nc3ccccc23)CC1.